The van der Waals surface area contributed by atoms with Gasteiger partial charge in [0.25, 0.3) is 5.91 Å². The number of aryl methyl sites for hydroxylation is 1. The van der Waals surface area contributed by atoms with E-state index >= 15 is 0 Å². The monoisotopic (exact) mass is 381 g/mol. The first-order valence-electron chi connectivity index (χ1n) is 6.37. The van der Waals surface area contributed by atoms with Crippen LogP contribution in [0.1, 0.15) is 23.0 Å². The van der Waals surface area contributed by atoms with Crippen molar-refractivity contribution in [3.63, 3.8) is 0 Å². The van der Waals surface area contributed by atoms with Crippen LogP contribution in [-0.2, 0) is 0 Å². The summed E-state index contributed by atoms with van der Waals surface area (Å²) in [7, 11) is 0. The molecule has 2 rings (SSSR count). The molecule has 0 aliphatic heterocycles. The highest BCUT2D eigenvalue weighted by molar-refractivity contribution is 14.1. The standard InChI is InChI=1S/C15H16IN3O/c1-3-17-14-7-10(2)18-9-13(14)15(20)19-12-6-4-5-11(16)8-12/h4-9H,3H2,1-2H3,(H,17,18)(H,19,20). The van der Waals surface area contributed by atoms with Crippen LogP contribution in [0.2, 0.25) is 0 Å². The number of hydrogen-bond donors (Lipinski definition) is 2. The minimum Gasteiger partial charge on any atom is -0.385 e. The van der Waals surface area contributed by atoms with Gasteiger partial charge in [-0.1, -0.05) is 6.07 Å². The number of carbonyl (C=O) groups excluding carboxylic acids is 1. The van der Waals surface area contributed by atoms with Crippen LogP contribution in [0.5, 0.6) is 0 Å². The fourth-order valence-electron chi connectivity index (χ4n) is 1.84. The minimum atomic E-state index is -0.157. The van der Waals surface area contributed by atoms with Crippen LogP contribution in [-0.4, -0.2) is 17.4 Å². The van der Waals surface area contributed by atoms with Crippen molar-refractivity contribution < 1.29 is 4.79 Å². The van der Waals surface area contributed by atoms with Crippen molar-refractivity contribution >= 4 is 39.9 Å². The Hall–Kier alpha value is -1.63. The lowest BCUT2D eigenvalue weighted by molar-refractivity contribution is 0.102. The zero-order valence-electron chi connectivity index (χ0n) is 11.4. The van der Waals surface area contributed by atoms with E-state index in [1.54, 1.807) is 6.20 Å². The summed E-state index contributed by atoms with van der Waals surface area (Å²) in [6, 6.07) is 9.57. The topological polar surface area (TPSA) is 54.0 Å². The SMILES string of the molecule is CCNc1cc(C)ncc1C(=O)Nc1cccc(I)c1. The molecular formula is C15H16IN3O. The highest BCUT2D eigenvalue weighted by Crippen LogP contribution is 2.18. The summed E-state index contributed by atoms with van der Waals surface area (Å²) in [5.74, 6) is -0.157. The van der Waals surface area contributed by atoms with Crippen LogP contribution in [0, 0.1) is 10.5 Å². The van der Waals surface area contributed by atoms with Gasteiger partial charge in [0, 0.05) is 27.7 Å². The number of nitrogens with one attached hydrogen (secondary N) is 2. The Labute approximate surface area is 132 Å². The molecule has 104 valence electrons. The quantitative estimate of drug-likeness (QED) is 0.795. The summed E-state index contributed by atoms with van der Waals surface area (Å²) in [6.07, 6.45) is 1.61. The number of hydrogen-bond acceptors (Lipinski definition) is 3. The molecule has 0 fully saturated rings. The lowest BCUT2D eigenvalue weighted by Crippen LogP contribution is -2.15. The Kier molecular flexibility index (Phi) is 4.94. The van der Waals surface area contributed by atoms with Crippen molar-refractivity contribution in [2.75, 3.05) is 17.2 Å². The molecule has 0 saturated carbocycles. The molecule has 0 radical (unpaired) electrons. The molecule has 1 aromatic carbocycles. The molecule has 4 nitrogen and oxygen atoms in total. The van der Waals surface area contributed by atoms with E-state index in [1.807, 2.05) is 44.2 Å². The molecule has 1 aromatic heterocycles. The molecule has 0 aliphatic carbocycles. The smallest absolute Gasteiger partial charge is 0.259 e. The molecule has 1 heterocycles. The molecule has 5 heteroatoms. The van der Waals surface area contributed by atoms with E-state index in [1.165, 1.54) is 0 Å². The number of pyridine rings is 1. The minimum absolute atomic E-state index is 0.157. The fourth-order valence-corrected chi connectivity index (χ4v) is 2.39. The Balaban J connectivity index is 2.24. The zero-order chi connectivity index (χ0) is 14.5. The predicted molar refractivity (Wildman–Crippen MR) is 90.2 cm³/mol. The highest BCUT2D eigenvalue weighted by Gasteiger charge is 2.12. The van der Waals surface area contributed by atoms with Gasteiger partial charge in [-0.05, 0) is 60.7 Å². The van der Waals surface area contributed by atoms with Gasteiger partial charge in [0.15, 0.2) is 0 Å². The van der Waals surface area contributed by atoms with E-state index in [2.05, 4.69) is 38.2 Å². The molecule has 20 heavy (non-hydrogen) atoms. The van der Waals surface area contributed by atoms with Crippen LogP contribution < -0.4 is 10.6 Å². The molecule has 0 unspecified atom stereocenters. The maximum Gasteiger partial charge on any atom is 0.259 e. The van der Waals surface area contributed by atoms with Gasteiger partial charge in [-0.15, -0.1) is 0 Å². The molecule has 0 spiro atoms. The molecule has 2 N–H and O–H groups in total. The third kappa shape index (κ3) is 3.69. The van der Waals surface area contributed by atoms with E-state index in [4.69, 9.17) is 0 Å². The van der Waals surface area contributed by atoms with Gasteiger partial charge in [-0.2, -0.15) is 0 Å². The van der Waals surface area contributed by atoms with Crippen molar-refractivity contribution in [1.82, 2.24) is 4.98 Å². The van der Waals surface area contributed by atoms with Crippen molar-refractivity contribution in [2.45, 2.75) is 13.8 Å². The summed E-state index contributed by atoms with van der Waals surface area (Å²) in [4.78, 5) is 16.5. The molecule has 1 amide bonds. The maximum atomic E-state index is 12.3. The van der Waals surface area contributed by atoms with E-state index in [0.717, 1.165) is 27.2 Å². The average molecular weight is 381 g/mol. The van der Waals surface area contributed by atoms with Crippen molar-refractivity contribution in [1.29, 1.82) is 0 Å². The van der Waals surface area contributed by atoms with Crippen LogP contribution in [0.4, 0.5) is 11.4 Å². The van der Waals surface area contributed by atoms with Crippen LogP contribution >= 0.6 is 22.6 Å². The first kappa shape index (κ1) is 14.8. The molecule has 0 aliphatic rings. The molecule has 2 aromatic rings. The normalized spacial score (nSPS) is 10.2. The predicted octanol–water partition coefficient (Wildman–Crippen LogP) is 3.68. The second-order valence-corrected chi connectivity index (χ2v) is 5.61. The summed E-state index contributed by atoms with van der Waals surface area (Å²) in [6.45, 7) is 4.66. The van der Waals surface area contributed by atoms with Crippen molar-refractivity contribution in [3.8, 4) is 0 Å². The summed E-state index contributed by atoms with van der Waals surface area (Å²) < 4.78 is 1.08. The van der Waals surface area contributed by atoms with Gasteiger partial charge in [0.05, 0.1) is 11.3 Å². The number of aromatic nitrogens is 1. The number of carbonyl (C=O) groups is 1. The maximum absolute atomic E-state index is 12.3. The molecule has 0 saturated heterocycles. The number of nitrogens with zero attached hydrogens (tertiary/aromatic N) is 1. The number of amides is 1. The van der Waals surface area contributed by atoms with Crippen LogP contribution in [0.3, 0.4) is 0 Å². The second-order valence-electron chi connectivity index (χ2n) is 4.37. The Morgan fingerprint density at radius 1 is 1.35 bits per heavy atom. The number of rotatable bonds is 4. The molecular weight excluding hydrogens is 365 g/mol. The van der Waals surface area contributed by atoms with Gasteiger partial charge in [-0.3, -0.25) is 9.78 Å². The zero-order valence-corrected chi connectivity index (χ0v) is 13.6. The van der Waals surface area contributed by atoms with Gasteiger partial charge in [0.1, 0.15) is 0 Å². The van der Waals surface area contributed by atoms with Gasteiger partial charge in [-0.25, -0.2) is 0 Å². The lowest BCUT2D eigenvalue weighted by atomic mass is 10.2. The first-order chi connectivity index (χ1) is 9.60. The van der Waals surface area contributed by atoms with E-state index in [0.29, 0.717) is 5.56 Å². The van der Waals surface area contributed by atoms with Gasteiger partial charge >= 0.3 is 0 Å². The van der Waals surface area contributed by atoms with Crippen molar-refractivity contribution in [2.24, 2.45) is 0 Å². The molecule has 0 atom stereocenters. The van der Waals surface area contributed by atoms with Gasteiger partial charge < -0.3 is 10.6 Å². The Morgan fingerprint density at radius 2 is 2.15 bits per heavy atom. The summed E-state index contributed by atoms with van der Waals surface area (Å²) >= 11 is 2.22. The molecule has 0 bridgehead atoms. The highest BCUT2D eigenvalue weighted by atomic mass is 127. The van der Waals surface area contributed by atoms with E-state index in [9.17, 15) is 4.79 Å². The van der Waals surface area contributed by atoms with Gasteiger partial charge in [0.2, 0.25) is 0 Å². The number of anilines is 2. The van der Waals surface area contributed by atoms with E-state index in [-0.39, 0.29) is 5.91 Å². The van der Waals surface area contributed by atoms with E-state index < -0.39 is 0 Å². The largest absolute Gasteiger partial charge is 0.385 e. The van der Waals surface area contributed by atoms with Crippen molar-refractivity contribution in [3.05, 3.63) is 51.4 Å². The Bertz CT molecular complexity index is 628. The summed E-state index contributed by atoms with van der Waals surface area (Å²) in [5, 5.41) is 6.09. The fraction of sp³-hybridized carbons (Fsp3) is 0.200. The summed E-state index contributed by atoms with van der Waals surface area (Å²) in [5.41, 5.74) is 3.02. The third-order valence-corrected chi connectivity index (χ3v) is 3.41. The first-order valence-corrected chi connectivity index (χ1v) is 7.45. The van der Waals surface area contributed by atoms with Crippen LogP contribution in [0.15, 0.2) is 36.5 Å². The number of benzene rings is 1. The lowest BCUT2D eigenvalue weighted by Gasteiger charge is -2.11. The number of halogens is 1. The van der Waals surface area contributed by atoms with Crippen LogP contribution in [0.25, 0.3) is 0 Å². The second kappa shape index (κ2) is 6.69. The third-order valence-electron chi connectivity index (χ3n) is 2.74. The average Bonchev–Trinajstić information content (AvgIpc) is 2.39. The Morgan fingerprint density at radius 3 is 2.85 bits per heavy atom.